The molecule has 2 aromatic rings. The van der Waals surface area contributed by atoms with Gasteiger partial charge in [0, 0.05) is 6.54 Å². The Morgan fingerprint density at radius 2 is 1.59 bits per heavy atom. The molecule has 0 saturated heterocycles. The lowest BCUT2D eigenvalue weighted by molar-refractivity contribution is -0.176. The molecular formula is C22H24F3NO6. The minimum atomic E-state index is -4.40. The Morgan fingerprint density at radius 1 is 0.938 bits per heavy atom. The van der Waals surface area contributed by atoms with E-state index in [1.54, 1.807) is 13.2 Å². The predicted octanol–water partition coefficient (Wildman–Crippen LogP) is 3.30. The molecule has 0 saturated carbocycles. The van der Waals surface area contributed by atoms with Gasteiger partial charge >= 0.3 is 12.1 Å². The highest BCUT2D eigenvalue weighted by molar-refractivity contribution is 5.91. The molecule has 0 heterocycles. The minimum absolute atomic E-state index is 0.169. The number of carbonyl (C=O) groups is 2. The van der Waals surface area contributed by atoms with Gasteiger partial charge in [-0.25, -0.2) is 4.79 Å². The molecule has 174 valence electrons. The molecule has 0 aliphatic rings. The fourth-order valence-corrected chi connectivity index (χ4v) is 2.67. The number of hydrogen-bond donors (Lipinski definition) is 1. The maximum atomic E-state index is 12.1. The number of amides is 1. The number of rotatable bonds is 11. The number of carbonyl (C=O) groups excluding carboxylic acids is 2. The van der Waals surface area contributed by atoms with Gasteiger partial charge in [-0.15, -0.1) is 0 Å². The van der Waals surface area contributed by atoms with Crippen molar-refractivity contribution in [1.29, 1.82) is 0 Å². The summed E-state index contributed by atoms with van der Waals surface area (Å²) in [7, 11) is 3.08. The third-order valence-electron chi connectivity index (χ3n) is 4.24. The molecule has 0 aromatic heterocycles. The van der Waals surface area contributed by atoms with Crippen molar-refractivity contribution in [3.05, 3.63) is 59.2 Å². The van der Waals surface area contributed by atoms with Gasteiger partial charge in [-0.3, -0.25) is 4.79 Å². The molecule has 1 amide bonds. The second-order valence-corrected chi connectivity index (χ2v) is 6.67. The summed E-state index contributed by atoms with van der Waals surface area (Å²) in [5.74, 6) is 0.0102. The average Bonchev–Trinajstić information content (AvgIpc) is 2.77. The van der Waals surface area contributed by atoms with E-state index in [4.69, 9.17) is 14.2 Å². The van der Waals surface area contributed by atoms with Crippen LogP contribution in [0.4, 0.5) is 13.2 Å². The molecule has 0 spiro atoms. The van der Waals surface area contributed by atoms with Crippen LogP contribution >= 0.6 is 0 Å². The first-order valence-electron chi connectivity index (χ1n) is 9.60. The van der Waals surface area contributed by atoms with Gasteiger partial charge < -0.3 is 24.3 Å². The Balaban J connectivity index is 1.72. The van der Waals surface area contributed by atoms with Crippen molar-refractivity contribution in [3.8, 4) is 11.5 Å². The van der Waals surface area contributed by atoms with Crippen molar-refractivity contribution in [3.63, 3.8) is 0 Å². The molecule has 0 aliphatic carbocycles. The van der Waals surface area contributed by atoms with E-state index < -0.39 is 31.3 Å². The maximum absolute atomic E-state index is 12.1. The number of ether oxygens (including phenoxy) is 4. The van der Waals surface area contributed by atoms with Gasteiger partial charge in [-0.05, 0) is 41.8 Å². The first-order valence-corrected chi connectivity index (χ1v) is 9.60. The van der Waals surface area contributed by atoms with Crippen molar-refractivity contribution in [2.45, 2.75) is 19.2 Å². The zero-order valence-corrected chi connectivity index (χ0v) is 17.7. The van der Waals surface area contributed by atoms with Gasteiger partial charge in [-0.2, -0.15) is 13.2 Å². The Labute approximate surface area is 183 Å². The molecular weight excluding hydrogens is 431 g/mol. The quantitative estimate of drug-likeness (QED) is 0.524. The van der Waals surface area contributed by atoms with E-state index >= 15 is 0 Å². The number of halogens is 3. The van der Waals surface area contributed by atoms with Crippen molar-refractivity contribution >= 4 is 11.9 Å². The Morgan fingerprint density at radius 3 is 2.22 bits per heavy atom. The van der Waals surface area contributed by atoms with Gasteiger partial charge in [0.2, 0.25) is 0 Å². The van der Waals surface area contributed by atoms with Crippen LogP contribution in [0.5, 0.6) is 11.5 Å². The summed E-state index contributed by atoms with van der Waals surface area (Å²) in [6.45, 7) is -1.71. The van der Waals surface area contributed by atoms with E-state index in [1.807, 2.05) is 12.1 Å². The topological polar surface area (TPSA) is 83.1 Å². The van der Waals surface area contributed by atoms with Gasteiger partial charge in [0.1, 0.15) is 6.61 Å². The number of methoxy groups -OCH3 is 2. The molecule has 7 nitrogen and oxygen atoms in total. The third kappa shape index (κ3) is 8.46. The summed E-state index contributed by atoms with van der Waals surface area (Å²) in [5.41, 5.74) is 1.57. The van der Waals surface area contributed by atoms with Crippen LogP contribution in [-0.2, 0) is 27.3 Å². The van der Waals surface area contributed by atoms with E-state index in [1.165, 1.54) is 31.4 Å². The Bertz CT molecular complexity index is 900. The summed E-state index contributed by atoms with van der Waals surface area (Å²) in [5, 5.41) is 2.65. The standard InChI is InChI=1S/C22H24F3NO6/c1-29-18-8-5-15(11-19(18)30-2)9-10-26-20(27)13-32-21(28)17-6-3-16(4-7-17)12-31-14-22(23,24)25/h3-8,11H,9-10,12-14H2,1-2H3,(H,26,27). The minimum Gasteiger partial charge on any atom is -0.493 e. The number of esters is 1. The molecule has 1 N–H and O–H groups in total. The molecule has 32 heavy (non-hydrogen) atoms. The fourth-order valence-electron chi connectivity index (χ4n) is 2.67. The van der Waals surface area contributed by atoms with Gasteiger partial charge in [-0.1, -0.05) is 18.2 Å². The monoisotopic (exact) mass is 455 g/mol. The van der Waals surface area contributed by atoms with E-state index in [2.05, 4.69) is 10.1 Å². The van der Waals surface area contributed by atoms with Gasteiger partial charge in [0.25, 0.3) is 5.91 Å². The fraction of sp³-hybridized carbons (Fsp3) is 0.364. The van der Waals surface area contributed by atoms with Crippen LogP contribution in [0.15, 0.2) is 42.5 Å². The first kappa shape index (κ1) is 25.0. The van der Waals surface area contributed by atoms with Crippen molar-refractivity contribution in [2.75, 3.05) is 34.0 Å². The molecule has 0 aliphatic heterocycles. The normalized spacial score (nSPS) is 11.0. The summed E-state index contributed by atoms with van der Waals surface area (Å²) in [6.07, 6.45) is -3.86. The van der Waals surface area contributed by atoms with Crippen molar-refractivity contribution in [2.24, 2.45) is 0 Å². The summed E-state index contributed by atoms with van der Waals surface area (Å²) in [6, 6.07) is 11.1. The predicted molar refractivity (Wildman–Crippen MR) is 109 cm³/mol. The van der Waals surface area contributed by atoms with Crippen LogP contribution in [0.3, 0.4) is 0 Å². The number of benzene rings is 2. The molecule has 0 unspecified atom stereocenters. The van der Waals surface area contributed by atoms with Crippen molar-refractivity contribution in [1.82, 2.24) is 5.32 Å². The molecule has 2 aromatic carbocycles. The summed E-state index contributed by atoms with van der Waals surface area (Å²) < 4.78 is 56.1. The van der Waals surface area contributed by atoms with Crippen LogP contribution in [0, 0.1) is 0 Å². The summed E-state index contributed by atoms with van der Waals surface area (Å²) >= 11 is 0. The van der Waals surface area contributed by atoms with E-state index in [0.29, 0.717) is 30.0 Å². The molecule has 0 fully saturated rings. The van der Waals surface area contributed by atoms with Crippen LogP contribution in [-0.4, -0.2) is 52.0 Å². The zero-order chi connectivity index (χ0) is 23.6. The third-order valence-corrected chi connectivity index (χ3v) is 4.24. The number of alkyl halides is 3. The maximum Gasteiger partial charge on any atom is 0.411 e. The number of hydrogen-bond acceptors (Lipinski definition) is 6. The van der Waals surface area contributed by atoms with Crippen molar-refractivity contribution < 1.29 is 41.7 Å². The van der Waals surface area contributed by atoms with Crippen LogP contribution in [0.2, 0.25) is 0 Å². The zero-order valence-electron chi connectivity index (χ0n) is 17.7. The van der Waals surface area contributed by atoms with Crippen LogP contribution < -0.4 is 14.8 Å². The largest absolute Gasteiger partial charge is 0.493 e. The highest BCUT2D eigenvalue weighted by Crippen LogP contribution is 2.27. The van der Waals surface area contributed by atoms with Gasteiger partial charge in [0.05, 0.1) is 26.4 Å². The lowest BCUT2D eigenvalue weighted by atomic mass is 10.1. The van der Waals surface area contributed by atoms with E-state index in [0.717, 1.165) is 5.56 Å². The Kier molecular flexibility index (Phi) is 9.33. The lowest BCUT2D eigenvalue weighted by Gasteiger charge is -2.10. The smallest absolute Gasteiger partial charge is 0.411 e. The highest BCUT2D eigenvalue weighted by atomic mass is 19.4. The summed E-state index contributed by atoms with van der Waals surface area (Å²) in [4.78, 5) is 23.9. The molecule has 10 heteroatoms. The lowest BCUT2D eigenvalue weighted by Crippen LogP contribution is -2.30. The first-order chi connectivity index (χ1) is 15.2. The Hall–Kier alpha value is -3.27. The highest BCUT2D eigenvalue weighted by Gasteiger charge is 2.27. The molecule has 2 rings (SSSR count). The second kappa shape index (κ2) is 11.9. The SMILES string of the molecule is COc1ccc(CCNC(=O)COC(=O)c2ccc(COCC(F)(F)F)cc2)cc1OC. The van der Waals surface area contributed by atoms with Crippen LogP contribution in [0.25, 0.3) is 0 Å². The van der Waals surface area contributed by atoms with Crippen LogP contribution in [0.1, 0.15) is 21.5 Å². The molecule has 0 atom stereocenters. The van der Waals surface area contributed by atoms with E-state index in [-0.39, 0.29) is 12.2 Å². The van der Waals surface area contributed by atoms with E-state index in [9.17, 15) is 22.8 Å². The molecule has 0 bridgehead atoms. The van der Waals surface area contributed by atoms with Gasteiger partial charge in [0.15, 0.2) is 18.1 Å². The second-order valence-electron chi connectivity index (χ2n) is 6.67. The average molecular weight is 455 g/mol. The number of nitrogens with one attached hydrogen (secondary N) is 1. The molecule has 0 radical (unpaired) electrons.